The highest BCUT2D eigenvalue weighted by atomic mass is 19.4. The smallest absolute Gasteiger partial charge is 0.381 e. The normalized spacial score (nSPS) is 23.9. The molecule has 54 heavy (non-hydrogen) atoms. The second kappa shape index (κ2) is 15.8. The van der Waals surface area contributed by atoms with Crippen molar-refractivity contribution >= 4 is 23.5 Å². The molecule has 0 spiro atoms. The van der Waals surface area contributed by atoms with Crippen molar-refractivity contribution in [1.82, 2.24) is 0 Å². The molecule has 0 amide bonds. The summed E-state index contributed by atoms with van der Waals surface area (Å²) >= 11 is 0. The van der Waals surface area contributed by atoms with Gasteiger partial charge in [0.1, 0.15) is 22.7 Å². The van der Waals surface area contributed by atoms with Crippen LogP contribution in [0.3, 0.4) is 0 Å². The Bertz CT molecular complexity index is 1560. The summed E-state index contributed by atoms with van der Waals surface area (Å²) in [5.74, 6) is -35.3. The number of rotatable bonds is 15. The number of carbonyl (C=O) groups is 4. The molecule has 0 bridgehead atoms. The molecule has 2 aromatic rings. The van der Waals surface area contributed by atoms with Gasteiger partial charge in [0.05, 0.1) is 26.1 Å². The molecule has 2 saturated carbocycles. The third kappa shape index (κ3) is 7.90. The van der Waals surface area contributed by atoms with Gasteiger partial charge in [0.2, 0.25) is 0 Å². The fourth-order valence-electron chi connectivity index (χ4n) is 6.63. The summed E-state index contributed by atoms with van der Waals surface area (Å²) in [7, 11) is 2.66. The van der Waals surface area contributed by atoms with Crippen LogP contribution in [0.4, 0.5) is 35.1 Å². The summed E-state index contributed by atoms with van der Waals surface area (Å²) in [6.45, 7) is -5.73. The lowest BCUT2D eigenvalue weighted by molar-refractivity contribution is -0.374. The number of hydrogen-bond donors (Lipinski definition) is 2. The molecule has 2 aliphatic carbocycles. The summed E-state index contributed by atoms with van der Waals surface area (Å²) in [6.07, 6.45) is -0.880. The predicted molar refractivity (Wildman–Crippen MR) is 170 cm³/mol. The molecule has 0 aliphatic heterocycles. The number of ether oxygens (including phenoxy) is 4. The van der Waals surface area contributed by atoms with Crippen molar-refractivity contribution in [2.75, 3.05) is 27.4 Å². The number of esters is 2. The van der Waals surface area contributed by atoms with E-state index >= 15 is 0 Å². The minimum atomic E-state index is -6.95. The number of benzene rings is 2. The van der Waals surface area contributed by atoms with Crippen LogP contribution in [-0.2, 0) is 19.1 Å². The van der Waals surface area contributed by atoms with Gasteiger partial charge in [-0.15, -0.1) is 0 Å². The lowest BCUT2D eigenvalue weighted by Gasteiger charge is -2.39. The van der Waals surface area contributed by atoms with Gasteiger partial charge in [0.15, 0.2) is 24.8 Å². The monoisotopic (exact) mass is 782 g/mol. The highest BCUT2D eigenvalue weighted by Crippen LogP contribution is 2.53. The first-order valence-corrected chi connectivity index (χ1v) is 16.8. The number of aliphatic hydroxyl groups is 2. The number of alkyl halides is 8. The van der Waals surface area contributed by atoms with E-state index < -0.39 is 83.4 Å². The van der Waals surface area contributed by atoms with Crippen LogP contribution in [-0.4, -0.2) is 96.0 Å². The zero-order valence-corrected chi connectivity index (χ0v) is 29.0. The molecule has 2 aromatic carbocycles. The highest BCUT2D eigenvalue weighted by molar-refractivity contribution is 6.05. The van der Waals surface area contributed by atoms with Crippen molar-refractivity contribution in [1.29, 1.82) is 0 Å². The molecule has 0 heterocycles. The van der Waals surface area contributed by atoms with E-state index in [9.17, 15) is 64.5 Å². The van der Waals surface area contributed by atoms with Crippen LogP contribution >= 0.6 is 0 Å². The average Bonchev–Trinajstić information content (AvgIpc) is 3.15. The number of carbonyl (C=O) groups excluding carboxylic acids is 4. The maximum absolute atomic E-state index is 14.8. The lowest BCUT2D eigenvalue weighted by atomic mass is 9.71. The fourth-order valence-corrected chi connectivity index (χ4v) is 6.63. The van der Waals surface area contributed by atoms with Crippen LogP contribution < -0.4 is 9.47 Å². The molecule has 2 aliphatic rings. The SMILES string of the molecule is COc1ccc(C(=O)C2(O)CCCCC2C(=O)OCC(F)(F)C(F)(F)C(F)(F)C(F)(F)COC(=O)C2CCCCC2(O)C(=O)c2ccc(OC)cc2)cc1. The summed E-state index contributed by atoms with van der Waals surface area (Å²) in [5, 5.41) is 22.4. The Morgan fingerprint density at radius 1 is 0.593 bits per heavy atom. The Kier molecular flexibility index (Phi) is 12.4. The summed E-state index contributed by atoms with van der Waals surface area (Å²) in [4.78, 5) is 52.1. The molecular weight excluding hydrogens is 744 g/mol. The van der Waals surface area contributed by atoms with Crippen LogP contribution in [0.15, 0.2) is 48.5 Å². The Balaban J connectivity index is 1.45. The molecule has 10 nitrogen and oxygen atoms in total. The van der Waals surface area contributed by atoms with E-state index in [0.29, 0.717) is 11.5 Å². The van der Waals surface area contributed by atoms with E-state index in [-0.39, 0.29) is 62.5 Å². The molecule has 2 N–H and O–H groups in total. The second-order valence-corrected chi connectivity index (χ2v) is 13.3. The van der Waals surface area contributed by atoms with Crippen molar-refractivity contribution < 1.29 is 83.5 Å². The van der Waals surface area contributed by atoms with Gasteiger partial charge in [-0.2, -0.15) is 35.1 Å². The van der Waals surface area contributed by atoms with E-state index in [2.05, 4.69) is 9.47 Å². The van der Waals surface area contributed by atoms with E-state index in [4.69, 9.17) is 9.47 Å². The number of Topliss-reactive ketones (excluding diaryl/α,β-unsaturated/α-hetero) is 2. The van der Waals surface area contributed by atoms with Crippen LogP contribution in [0.1, 0.15) is 72.1 Å². The summed E-state index contributed by atoms with van der Waals surface area (Å²) in [6, 6.07) is 10.3. The van der Waals surface area contributed by atoms with Gasteiger partial charge < -0.3 is 29.2 Å². The van der Waals surface area contributed by atoms with Crippen LogP contribution in [0.2, 0.25) is 0 Å². The molecule has 0 radical (unpaired) electrons. The van der Waals surface area contributed by atoms with Crippen LogP contribution in [0.25, 0.3) is 0 Å². The quantitative estimate of drug-likeness (QED) is 0.121. The van der Waals surface area contributed by atoms with Crippen LogP contribution in [0.5, 0.6) is 11.5 Å². The fraction of sp³-hybridized carbons (Fsp3) is 0.556. The average molecular weight is 783 g/mol. The summed E-state index contributed by atoms with van der Waals surface area (Å²) in [5.41, 5.74) is -5.44. The Labute approximate surface area is 303 Å². The maximum atomic E-state index is 14.8. The molecule has 4 rings (SSSR count). The zero-order chi connectivity index (χ0) is 40.3. The topological polar surface area (TPSA) is 146 Å². The molecule has 18 heteroatoms. The van der Waals surface area contributed by atoms with Gasteiger partial charge in [-0.25, -0.2) is 0 Å². The lowest BCUT2D eigenvalue weighted by Crippen LogP contribution is -2.65. The largest absolute Gasteiger partial charge is 0.497 e. The highest BCUT2D eigenvalue weighted by Gasteiger charge is 2.81. The number of methoxy groups -OCH3 is 2. The van der Waals surface area contributed by atoms with E-state index in [1.807, 2.05) is 0 Å². The van der Waals surface area contributed by atoms with E-state index in [1.54, 1.807) is 0 Å². The van der Waals surface area contributed by atoms with Crippen molar-refractivity contribution in [2.24, 2.45) is 11.8 Å². The third-order valence-electron chi connectivity index (χ3n) is 9.92. The number of halogens is 8. The first-order chi connectivity index (χ1) is 25.1. The zero-order valence-electron chi connectivity index (χ0n) is 29.0. The molecule has 0 saturated heterocycles. The first-order valence-electron chi connectivity index (χ1n) is 16.8. The standard InChI is InChI=1S/C36H38F8O10/c1-51-23-13-9-21(10-14-23)27(45)31(49)17-5-3-7-25(31)29(47)53-19-33(37,38)35(41,42)36(43,44)34(39,40)20-54-30(48)26-8-4-6-18-32(26,50)28(46)22-11-15-24(52-2)16-12-22/h9-16,25-26,49-50H,3-8,17-20H2,1-2H3. The maximum Gasteiger partial charge on any atom is 0.381 e. The van der Waals surface area contributed by atoms with Crippen LogP contribution in [0, 0.1) is 11.8 Å². The van der Waals surface area contributed by atoms with Gasteiger partial charge in [-0.05, 0) is 74.2 Å². The minimum absolute atomic E-state index is 0.140. The molecular formula is C36H38F8O10. The number of hydrogen-bond acceptors (Lipinski definition) is 10. The molecule has 298 valence electrons. The van der Waals surface area contributed by atoms with Gasteiger partial charge in [0, 0.05) is 11.1 Å². The molecule has 2 fully saturated rings. The van der Waals surface area contributed by atoms with Crippen molar-refractivity contribution in [3.8, 4) is 11.5 Å². The van der Waals surface area contributed by atoms with Gasteiger partial charge in [-0.1, -0.05) is 25.7 Å². The van der Waals surface area contributed by atoms with E-state index in [0.717, 1.165) is 0 Å². The molecule has 4 atom stereocenters. The Morgan fingerprint density at radius 3 is 1.20 bits per heavy atom. The van der Waals surface area contributed by atoms with Crippen molar-refractivity contribution in [2.45, 2.75) is 86.3 Å². The van der Waals surface area contributed by atoms with Crippen molar-refractivity contribution in [3.05, 3.63) is 59.7 Å². The van der Waals surface area contributed by atoms with Gasteiger partial charge in [-0.3, -0.25) is 19.2 Å². The Morgan fingerprint density at radius 2 is 0.907 bits per heavy atom. The summed E-state index contributed by atoms with van der Waals surface area (Å²) < 4.78 is 136. The predicted octanol–water partition coefficient (Wildman–Crippen LogP) is 6.24. The third-order valence-corrected chi connectivity index (χ3v) is 9.92. The van der Waals surface area contributed by atoms with E-state index in [1.165, 1.54) is 62.8 Å². The van der Waals surface area contributed by atoms with Gasteiger partial charge in [0.25, 0.3) is 0 Å². The first kappa shape index (κ1) is 42.4. The molecule has 0 aromatic heterocycles. The van der Waals surface area contributed by atoms with Crippen molar-refractivity contribution in [3.63, 3.8) is 0 Å². The van der Waals surface area contributed by atoms with Gasteiger partial charge >= 0.3 is 35.6 Å². The Hall–Kier alpha value is -4.32. The molecule has 4 unspecified atom stereocenters. The second-order valence-electron chi connectivity index (χ2n) is 13.3. The number of ketones is 2. The minimum Gasteiger partial charge on any atom is -0.497 e.